The fourth-order valence-corrected chi connectivity index (χ4v) is 8.18. The molecule has 3 heterocycles. The van der Waals surface area contributed by atoms with Gasteiger partial charge in [-0.2, -0.15) is 0 Å². The van der Waals surface area contributed by atoms with Crippen molar-refractivity contribution in [2.45, 2.75) is 129 Å². The smallest absolute Gasteiger partial charge is 0.319 e. The first-order chi connectivity index (χ1) is 21.5. The summed E-state index contributed by atoms with van der Waals surface area (Å²) in [4.78, 5) is 34.7. The number of rotatable bonds is 8. The number of carbonyl (C=O) groups excluding carboxylic acids is 2. The Kier molecular flexibility index (Phi) is 14.1. The van der Waals surface area contributed by atoms with E-state index in [1.54, 1.807) is 27.9 Å². The van der Waals surface area contributed by atoms with E-state index in [1.807, 2.05) is 32.8 Å². The van der Waals surface area contributed by atoms with E-state index in [1.165, 1.54) is 0 Å². The Bertz CT molecular complexity index is 989. The van der Waals surface area contributed by atoms with Crippen molar-refractivity contribution in [2.24, 2.45) is 23.2 Å². The molecule has 3 aliphatic heterocycles. The van der Waals surface area contributed by atoms with Gasteiger partial charge in [0.25, 0.3) is 0 Å². The average molecular weight is 656 g/mol. The molecule has 0 radical (unpaired) electrons. The molecule has 0 aliphatic carbocycles. The van der Waals surface area contributed by atoms with Crippen molar-refractivity contribution in [3.05, 3.63) is 0 Å². The molecule has 3 aliphatic rings. The number of hydrogen-bond acceptors (Lipinski definition) is 11. The van der Waals surface area contributed by atoms with Gasteiger partial charge in [-0.05, 0) is 113 Å². The first kappa shape index (κ1) is 39.3. The molecule has 0 spiro atoms. The van der Waals surface area contributed by atoms with Crippen LogP contribution < -0.4 is 0 Å². The molecule has 10 atom stereocenters. The summed E-state index contributed by atoms with van der Waals surface area (Å²) in [6, 6.07) is 0.153. The molecule has 1 unspecified atom stereocenters. The van der Waals surface area contributed by atoms with Gasteiger partial charge in [-0.15, -0.1) is 0 Å². The van der Waals surface area contributed by atoms with Crippen LogP contribution in [0.25, 0.3) is 0 Å². The number of aliphatic hydroxyl groups is 2. The van der Waals surface area contributed by atoms with E-state index in [9.17, 15) is 19.8 Å². The number of cyclic esters (lactones) is 1. The summed E-state index contributed by atoms with van der Waals surface area (Å²) >= 11 is 0. The summed E-state index contributed by atoms with van der Waals surface area (Å²) in [7, 11) is 7.59. The third kappa shape index (κ3) is 9.08. The molecule has 268 valence electrons. The Hall–Kier alpha value is -1.18. The highest BCUT2D eigenvalue weighted by Crippen LogP contribution is 2.39. The molecule has 0 saturated carbocycles. The van der Waals surface area contributed by atoms with Gasteiger partial charge in [0.05, 0.1) is 17.8 Å². The van der Waals surface area contributed by atoms with Crippen molar-refractivity contribution < 1.29 is 38.7 Å². The number of hydrogen-bond donors (Lipinski definition) is 2. The van der Waals surface area contributed by atoms with Gasteiger partial charge in [-0.1, -0.05) is 13.8 Å². The van der Waals surface area contributed by atoms with Crippen LogP contribution in [-0.4, -0.2) is 146 Å². The molecular formula is C35H65N3O8. The van der Waals surface area contributed by atoms with E-state index < -0.39 is 41.4 Å². The van der Waals surface area contributed by atoms with Crippen LogP contribution in [-0.2, 0) is 28.5 Å². The lowest BCUT2D eigenvalue weighted by atomic mass is 9.74. The van der Waals surface area contributed by atoms with Crippen LogP contribution in [0.3, 0.4) is 0 Å². The van der Waals surface area contributed by atoms with E-state index in [4.69, 9.17) is 18.9 Å². The number of likely N-dealkylation sites (N-methyl/N-ethyl adjacent to an activating group) is 2. The maximum absolute atomic E-state index is 14.3. The van der Waals surface area contributed by atoms with Gasteiger partial charge in [0.15, 0.2) is 12.1 Å². The van der Waals surface area contributed by atoms with Crippen molar-refractivity contribution >= 4 is 11.8 Å². The summed E-state index contributed by atoms with van der Waals surface area (Å²) in [5.74, 6) is -1.13. The maximum Gasteiger partial charge on any atom is 0.319 e. The van der Waals surface area contributed by atoms with Crippen molar-refractivity contribution in [3.8, 4) is 0 Å². The van der Waals surface area contributed by atoms with Crippen molar-refractivity contribution in [2.75, 3.05) is 61.1 Å². The molecule has 0 aromatic heterocycles. The van der Waals surface area contributed by atoms with E-state index >= 15 is 0 Å². The minimum absolute atomic E-state index is 0.00173. The largest absolute Gasteiger partial charge is 0.463 e. The van der Waals surface area contributed by atoms with Crippen molar-refractivity contribution in [3.63, 3.8) is 0 Å². The molecule has 46 heavy (non-hydrogen) atoms. The van der Waals surface area contributed by atoms with E-state index in [2.05, 4.69) is 30.7 Å². The molecular weight excluding hydrogens is 590 g/mol. The first-order valence-electron chi connectivity index (χ1n) is 17.4. The summed E-state index contributed by atoms with van der Waals surface area (Å²) in [6.45, 7) is 16.3. The van der Waals surface area contributed by atoms with Gasteiger partial charge in [0.2, 0.25) is 0 Å². The number of ketones is 1. The zero-order valence-electron chi connectivity index (χ0n) is 30.5. The quantitative estimate of drug-likeness (QED) is 0.297. The Labute approximate surface area is 278 Å². The number of aliphatic hydroxyl groups excluding tert-OH is 2. The van der Waals surface area contributed by atoms with Crippen LogP contribution in [0, 0.1) is 23.2 Å². The second-order valence-electron chi connectivity index (χ2n) is 15.6. The third-order valence-corrected chi connectivity index (χ3v) is 11.2. The topological polar surface area (TPSA) is 121 Å². The summed E-state index contributed by atoms with van der Waals surface area (Å²) in [5.41, 5.74) is -2.35. The molecule has 3 saturated heterocycles. The first-order valence-corrected chi connectivity index (χ1v) is 17.4. The van der Waals surface area contributed by atoms with E-state index in [0.717, 1.165) is 38.9 Å². The number of esters is 1. The lowest BCUT2D eigenvalue weighted by molar-refractivity contribution is -0.295. The Balaban J connectivity index is 1.93. The minimum atomic E-state index is -1.42. The van der Waals surface area contributed by atoms with Gasteiger partial charge in [0, 0.05) is 44.3 Å². The van der Waals surface area contributed by atoms with Gasteiger partial charge in [-0.25, -0.2) is 0 Å². The number of carbonyl (C=O) groups is 2. The number of Topliss-reactive ketones (excluding diaryl/α,β-unsaturated/α-hetero) is 1. The fraction of sp³-hybridized carbons (Fsp3) is 0.943. The maximum atomic E-state index is 14.3. The molecule has 11 nitrogen and oxygen atoms in total. The predicted molar refractivity (Wildman–Crippen MR) is 177 cm³/mol. The lowest BCUT2D eigenvalue weighted by Gasteiger charge is -2.47. The number of likely N-dealkylation sites (tertiary alicyclic amines) is 1. The average Bonchev–Trinajstić information content (AvgIpc) is 3.00. The lowest BCUT2D eigenvalue weighted by Crippen LogP contribution is -2.59. The van der Waals surface area contributed by atoms with Crippen LogP contribution >= 0.6 is 0 Å². The minimum Gasteiger partial charge on any atom is -0.463 e. The van der Waals surface area contributed by atoms with Crippen LogP contribution in [0.4, 0.5) is 0 Å². The fourth-order valence-electron chi connectivity index (χ4n) is 8.18. The van der Waals surface area contributed by atoms with Crippen LogP contribution in [0.2, 0.25) is 0 Å². The molecule has 0 aromatic rings. The highest BCUT2D eigenvalue weighted by Gasteiger charge is 2.51. The van der Waals surface area contributed by atoms with Gasteiger partial charge in [-0.3, -0.25) is 14.5 Å². The molecule has 3 rings (SSSR count). The molecule has 0 amide bonds. The monoisotopic (exact) mass is 655 g/mol. The van der Waals surface area contributed by atoms with Crippen LogP contribution in [0.1, 0.15) is 80.6 Å². The second kappa shape index (κ2) is 16.5. The molecule has 0 bridgehead atoms. The number of nitrogens with zero attached hydrogens (tertiary/aromatic N) is 3. The summed E-state index contributed by atoms with van der Waals surface area (Å²) in [6.07, 6.45) is 1.08. The molecule has 11 heteroatoms. The number of ether oxygens (including phenoxy) is 4. The molecule has 2 N–H and O–H groups in total. The van der Waals surface area contributed by atoms with Crippen molar-refractivity contribution in [1.82, 2.24) is 14.7 Å². The van der Waals surface area contributed by atoms with E-state index in [-0.39, 0.29) is 43.1 Å². The summed E-state index contributed by atoms with van der Waals surface area (Å²) < 4.78 is 25.1. The van der Waals surface area contributed by atoms with Crippen LogP contribution in [0.15, 0.2) is 0 Å². The SMILES string of the molecule is CO[C@]1(C)C[C@@H](C)CN(C)[C@@H](C2CCN(C(C)CCO)CC2)COC(=O)C(C)(C)C(=O)[C@H](C)[C@H]1O[C@@H]1O[C@H](C)C[C@H](N(C)C)[C@H]1O. The molecule has 3 fully saturated rings. The van der Waals surface area contributed by atoms with Gasteiger partial charge >= 0.3 is 5.97 Å². The van der Waals surface area contributed by atoms with Gasteiger partial charge < -0.3 is 39.0 Å². The highest BCUT2D eigenvalue weighted by atomic mass is 16.7. The normalized spacial score (nSPS) is 38.9. The Morgan fingerprint density at radius 2 is 1.74 bits per heavy atom. The van der Waals surface area contributed by atoms with Crippen LogP contribution in [0.5, 0.6) is 0 Å². The predicted octanol–water partition coefficient (Wildman–Crippen LogP) is 2.80. The summed E-state index contributed by atoms with van der Waals surface area (Å²) in [5, 5.41) is 20.8. The zero-order valence-corrected chi connectivity index (χ0v) is 30.5. The highest BCUT2D eigenvalue weighted by molar-refractivity contribution is 6.04. The van der Waals surface area contributed by atoms with E-state index in [0.29, 0.717) is 24.8 Å². The van der Waals surface area contributed by atoms with Gasteiger partial charge in [0.1, 0.15) is 18.1 Å². The third-order valence-electron chi connectivity index (χ3n) is 11.2. The van der Waals surface area contributed by atoms with Crippen molar-refractivity contribution in [1.29, 1.82) is 0 Å². The zero-order chi connectivity index (χ0) is 34.6. The molecule has 0 aromatic carbocycles. The standard InChI is InChI=1S/C35H65N3O8/c1-22-19-35(7,43-11)31(46-32-29(40)27(36(8)9)18-24(3)45-32)25(4)30(41)34(5,6)33(42)44-21-28(37(10)20-22)26-12-15-38(16-13-26)23(2)14-17-39/h22-29,31-32,39-40H,12-21H2,1-11H3/t22-,23?,24-,25+,27+,28-,29-,31-,32+,35-/m1/s1. The Morgan fingerprint density at radius 3 is 2.30 bits per heavy atom. The number of methoxy groups -OCH3 is 1. The Morgan fingerprint density at radius 1 is 1.11 bits per heavy atom. The second-order valence-corrected chi connectivity index (χ2v) is 15.6. The number of piperidine rings is 1.